The first-order valence-electron chi connectivity index (χ1n) is 4.88. The van der Waals surface area contributed by atoms with Crippen LogP contribution in [0.15, 0.2) is 24.3 Å². The van der Waals surface area contributed by atoms with Crippen LogP contribution in [0.1, 0.15) is 0 Å². The van der Waals surface area contributed by atoms with Crippen LogP contribution in [0.3, 0.4) is 0 Å². The van der Waals surface area contributed by atoms with E-state index in [0.29, 0.717) is 21.6 Å². The fourth-order valence-electron chi connectivity index (χ4n) is 1.43. The Morgan fingerprint density at radius 3 is 2.59 bits per heavy atom. The minimum absolute atomic E-state index is 0.192. The molecule has 1 aromatic heterocycles. The van der Waals surface area contributed by atoms with Crippen LogP contribution in [-0.4, -0.2) is 17.0 Å². The zero-order valence-electron chi connectivity index (χ0n) is 9.04. The quantitative estimate of drug-likeness (QED) is 0.879. The average Bonchev–Trinajstić information content (AvgIpc) is 2.28. The third kappa shape index (κ3) is 2.60. The summed E-state index contributed by atoms with van der Waals surface area (Å²) in [6, 6.07) is 6.98. The van der Waals surface area contributed by atoms with E-state index in [1.807, 2.05) is 0 Å². The molecule has 88 valence electrons. The number of nitrogens with one attached hydrogen (secondary N) is 1. The second-order valence-electron chi connectivity index (χ2n) is 3.37. The topological polar surface area (TPSA) is 63.8 Å². The fourth-order valence-corrected chi connectivity index (χ4v) is 1.93. The smallest absolute Gasteiger partial charge is 0.222 e. The number of aromatic nitrogens is 2. The van der Waals surface area contributed by atoms with Crippen molar-refractivity contribution in [3.8, 4) is 11.3 Å². The van der Waals surface area contributed by atoms with Crippen molar-refractivity contribution < 1.29 is 0 Å². The van der Waals surface area contributed by atoms with Gasteiger partial charge in [-0.3, -0.25) is 0 Å². The Bertz CT molecular complexity index is 557. The normalized spacial score (nSPS) is 10.3. The Morgan fingerprint density at radius 1 is 1.18 bits per heavy atom. The fraction of sp³-hybridized carbons (Fsp3) is 0.0909. The molecule has 17 heavy (non-hydrogen) atoms. The minimum Gasteiger partial charge on any atom is -0.373 e. The number of halogens is 2. The number of hydrogen-bond donors (Lipinski definition) is 2. The summed E-state index contributed by atoms with van der Waals surface area (Å²) in [5.41, 5.74) is 7.04. The van der Waals surface area contributed by atoms with Gasteiger partial charge in [0.25, 0.3) is 0 Å². The van der Waals surface area contributed by atoms with E-state index in [4.69, 9.17) is 28.9 Å². The lowest BCUT2D eigenvalue weighted by Crippen LogP contribution is -2.01. The Hall–Kier alpha value is -1.52. The lowest BCUT2D eigenvalue weighted by atomic mass is 10.1. The molecular weight excluding hydrogens is 259 g/mol. The molecule has 0 unspecified atom stereocenters. The van der Waals surface area contributed by atoms with Gasteiger partial charge in [0.15, 0.2) is 0 Å². The van der Waals surface area contributed by atoms with Crippen molar-refractivity contribution in [1.29, 1.82) is 0 Å². The van der Waals surface area contributed by atoms with Gasteiger partial charge < -0.3 is 11.1 Å². The van der Waals surface area contributed by atoms with E-state index in [1.165, 1.54) is 0 Å². The molecule has 2 aromatic rings. The Balaban J connectivity index is 2.55. The summed E-state index contributed by atoms with van der Waals surface area (Å²) in [6.45, 7) is 0. The van der Waals surface area contributed by atoms with Gasteiger partial charge in [0.2, 0.25) is 5.95 Å². The summed E-state index contributed by atoms with van der Waals surface area (Å²) in [5.74, 6) is 0.830. The highest BCUT2D eigenvalue weighted by molar-refractivity contribution is 6.36. The molecule has 0 aliphatic heterocycles. The van der Waals surface area contributed by atoms with Gasteiger partial charge in [0, 0.05) is 23.7 Å². The molecule has 0 bridgehead atoms. The first kappa shape index (κ1) is 12.0. The zero-order valence-corrected chi connectivity index (χ0v) is 10.5. The molecule has 0 aliphatic rings. The van der Waals surface area contributed by atoms with Crippen molar-refractivity contribution in [3.63, 3.8) is 0 Å². The summed E-state index contributed by atoms with van der Waals surface area (Å²) < 4.78 is 0. The maximum absolute atomic E-state index is 6.11. The van der Waals surface area contributed by atoms with E-state index >= 15 is 0 Å². The monoisotopic (exact) mass is 268 g/mol. The maximum atomic E-state index is 6.11. The van der Waals surface area contributed by atoms with Crippen molar-refractivity contribution in [2.75, 3.05) is 18.1 Å². The maximum Gasteiger partial charge on any atom is 0.222 e. The Morgan fingerprint density at radius 2 is 1.94 bits per heavy atom. The van der Waals surface area contributed by atoms with E-state index < -0.39 is 0 Å². The van der Waals surface area contributed by atoms with Gasteiger partial charge in [-0.15, -0.1) is 0 Å². The molecule has 0 amide bonds. The molecule has 0 saturated heterocycles. The van der Waals surface area contributed by atoms with Crippen LogP contribution in [0.25, 0.3) is 11.3 Å². The highest BCUT2D eigenvalue weighted by Crippen LogP contribution is 2.30. The third-order valence-electron chi connectivity index (χ3n) is 2.21. The van der Waals surface area contributed by atoms with Crippen LogP contribution in [0.2, 0.25) is 10.0 Å². The summed E-state index contributed by atoms with van der Waals surface area (Å²) in [6.07, 6.45) is 0. The molecular formula is C11H10Cl2N4. The van der Waals surface area contributed by atoms with Gasteiger partial charge in [0.1, 0.15) is 5.82 Å². The largest absolute Gasteiger partial charge is 0.373 e. The molecule has 0 fully saturated rings. The van der Waals surface area contributed by atoms with Crippen LogP contribution in [-0.2, 0) is 0 Å². The molecule has 0 aliphatic carbocycles. The summed E-state index contributed by atoms with van der Waals surface area (Å²) in [5, 5.41) is 4.01. The number of anilines is 2. The van der Waals surface area contributed by atoms with E-state index in [0.717, 1.165) is 5.56 Å². The second kappa shape index (κ2) is 4.77. The van der Waals surface area contributed by atoms with Gasteiger partial charge in [-0.05, 0) is 18.2 Å². The summed E-state index contributed by atoms with van der Waals surface area (Å²) in [4.78, 5) is 8.15. The highest BCUT2D eigenvalue weighted by atomic mass is 35.5. The predicted molar refractivity (Wildman–Crippen MR) is 71.4 cm³/mol. The van der Waals surface area contributed by atoms with E-state index in [2.05, 4.69) is 15.3 Å². The first-order valence-corrected chi connectivity index (χ1v) is 5.63. The number of benzene rings is 1. The van der Waals surface area contributed by atoms with Crippen molar-refractivity contribution in [2.24, 2.45) is 0 Å². The average molecular weight is 269 g/mol. The van der Waals surface area contributed by atoms with Crippen molar-refractivity contribution >= 4 is 35.0 Å². The molecule has 2 rings (SSSR count). The van der Waals surface area contributed by atoms with Crippen LogP contribution >= 0.6 is 23.2 Å². The summed E-state index contributed by atoms with van der Waals surface area (Å²) >= 11 is 11.9. The van der Waals surface area contributed by atoms with Gasteiger partial charge in [-0.2, -0.15) is 4.98 Å². The molecule has 1 heterocycles. The van der Waals surface area contributed by atoms with E-state index in [-0.39, 0.29) is 5.95 Å². The molecule has 0 spiro atoms. The molecule has 1 aromatic carbocycles. The van der Waals surface area contributed by atoms with Crippen LogP contribution in [0.4, 0.5) is 11.8 Å². The lowest BCUT2D eigenvalue weighted by Gasteiger charge is -2.07. The first-order chi connectivity index (χ1) is 8.10. The van der Waals surface area contributed by atoms with Crippen LogP contribution in [0, 0.1) is 0 Å². The molecule has 3 N–H and O–H groups in total. The number of nitrogens with zero attached hydrogens (tertiary/aromatic N) is 2. The number of rotatable bonds is 2. The lowest BCUT2D eigenvalue weighted by molar-refractivity contribution is 1.18. The Labute approximate surface area is 109 Å². The number of nitrogen functional groups attached to an aromatic ring is 1. The second-order valence-corrected chi connectivity index (χ2v) is 4.21. The minimum atomic E-state index is 0.192. The predicted octanol–water partition coefficient (Wildman–Crippen LogP) is 3.07. The molecule has 0 radical (unpaired) electrons. The third-order valence-corrected chi connectivity index (χ3v) is 2.75. The van der Waals surface area contributed by atoms with Gasteiger partial charge in [0.05, 0.1) is 10.7 Å². The van der Waals surface area contributed by atoms with E-state index in [9.17, 15) is 0 Å². The highest BCUT2D eigenvalue weighted by Gasteiger charge is 2.08. The molecule has 0 saturated carbocycles. The van der Waals surface area contributed by atoms with Gasteiger partial charge >= 0.3 is 0 Å². The summed E-state index contributed by atoms with van der Waals surface area (Å²) in [7, 11) is 1.76. The SMILES string of the molecule is CNc1cc(-c2ccc(Cl)cc2Cl)nc(N)n1. The molecule has 6 heteroatoms. The standard InChI is InChI=1S/C11H10Cl2N4/c1-15-10-5-9(16-11(14)17-10)7-3-2-6(12)4-8(7)13/h2-5H,1H3,(H3,14,15,16,17). The zero-order chi connectivity index (χ0) is 12.4. The number of nitrogens with two attached hydrogens (primary N) is 1. The Kier molecular flexibility index (Phi) is 3.36. The van der Waals surface area contributed by atoms with Crippen molar-refractivity contribution in [3.05, 3.63) is 34.3 Å². The van der Waals surface area contributed by atoms with Crippen molar-refractivity contribution in [1.82, 2.24) is 9.97 Å². The van der Waals surface area contributed by atoms with Crippen molar-refractivity contribution in [2.45, 2.75) is 0 Å². The van der Waals surface area contributed by atoms with Crippen LogP contribution in [0.5, 0.6) is 0 Å². The number of hydrogen-bond acceptors (Lipinski definition) is 4. The molecule has 0 atom stereocenters. The van der Waals surface area contributed by atoms with E-state index in [1.54, 1.807) is 31.3 Å². The molecule has 4 nitrogen and oxygen atoms in total. The van der Waals surface area contributed by atoms with Gasteiger partial charge in [-0.25, -0.2) is 4.98 Å². The van der Waals surface area contributed by atoms with Gasteiger partial charge in [-0.1, -0.05) is 23.2 Å². The van der Waals surface area contributed by atoms with Crippen LogP contribution < -0.4 is 11.1 Å².